The number of carbonyl (C=O) groups is 3. The van der Waals surface area contributed by atoms with E-state index in [0.29, 0.717) is 6.42 Å². The van der Waals surface area contributed by atoms with Crippen molar-refractivity contribution in [1.29, 1.82) is 0 Å². The average molecular weight is 488 g/mol. The van der Waals surface area contributed by atoms with E-state index in [4.69, 9.17) is 4.74 Å². The van der Waals surface area contributed by atoms with Gasteiger partial charge in [0.1, 0.15) is 17.7 Å². The van der Waals surface area contributed by atoms with E-state index in [2.05, 4.69) is 10.6 Å². The van der Waals surface area contributed by atoms with Crippen molar-refractivity contribution in [3.63, 3.8) is 0 Å². The summed E-state index contributed by atoms with van der Waals surface area (Å²) in [6.07, 6.45) is 5.32. The average Bonchev–Trinajstić information content (AvgIpc) is 2.78. The molecule has 0 saturated heterocycles. The fourth-order valence-electron chi connectivity index (χ4n) is 4.58. The van der Waals surface area contributed by atoms with E-state index in [-0.39, 0.29) is 23.9 Å². The monoisotopic (exact) mass is 487 g/mol. The quantitative estimate of drug-likeness (QED) is 0.518. The van der Waals surface area contributed by atoms with Crippen LogP contribution in [0.1, 0.15) is 103 Å². The van der Waals surface area contributed by atoms with Crippen LogP contribution in [0.3, 0.4) is 0 Å². The Kier molecular flexibility index (Phi) is 10.2. The van der Waals surface area contributed by atoms with Gasteiger partial charge in [-0.1, -0.05) is 44.4 Å². The molecular weight excluding hydrogens is 442 g/mol. The summed E-state index contributed by atoms with van der Waals surface area (Å²) in [5.41, 5.74) is 2.20. The first-order valence-electron chi connectivity index (χ1n) is 13.0. The summed E-state index contributed by atoms with van der Waals surface area (Å²) in [4.78, 5) is 41.7. The van der Waals surface area contributed by atoms with E-state index in [1.807, 2.05) is 45.9 Å². The molecule has 0 aromatic heterocycles. The molecule has 1 saturated carbocycles. The molecule has 3 unspecified atom stereocenters. The minimum Gasteiger partial charge on any atom is -0.444 e. The zero-order chi connectivity index (χ0) is 26.3. The van der Waals surface area contributed by atoms with Crippen LogP contribution >= 0.6 is 0 Å². The minimum absolute atomic E-state index is 0.120. The molecule has 2 N–H and O–H groups in total. The van der Waals surface area contributed by atoms with Crippen LogP contribution < -0.4 is 10.6 Å². The second kappa shape index (κ2) is 12.4. The van der Waals surface area contributed by atoms with E-state index in [1.165, 1.54) is 6.42 Å². The van der Waals surface area contributed by atoms with Crippen LogP contribution in [0.4, 0.5) is 4.79 Å². The number of hydrogen-bond donors (Lipinski definition) is 2. The second-order valence-corrected chi connectivity index (χ2v) is 10.9. The Labute approximate surface area is 211 Å². The summed E-state index contributed by atoms with van der Waals surface area (Å²) in [5.74, 6) is -0.473. The number of benzene rings is 1. The predicted molar refractivity (Wildman–Crippen MR) is 139 cm³/mol. The summed E-state index contributed by atoms with van der Waals surface area (Å²) in [6.45, 7) is 14.9. The molecule has 2 rings (SSSR count). The van der Waals surface area contributed by atoms with Crippen molar-refractivity contribution in [1.82, 2.24) is 15.5 Å². The third-order valence-corrected chi connectivity index (χ3v) is 6.84. The van der Waals surface area contributed by atoms with Gasteiger partial charge in [-0.25, -0.2) is 4.79 Å². The summed E-state index contributed by atoms with van der Waals surface area (Å²) < 4.78 is 5.35. The van der Waals surface area contributed by atoms with Crippen LogP contribution in [0, 0.1) is 13.8 Å². The molecule has 7 nitrogen and oxygen atoms in total. The van der Waals surface area contributed by atoms with Gasteiger partial charge in [0.05, 0.1) is 0 Å². The Hall–Kier alpha value is -2.57. The molecule has 7 heteroatoms. The van der Waals surface area contributed by atoms with Gasteiger partial charge in [-0.2, -0.15) is 0 Å². The molecule has 1 aliphatic rings. The molecule has 0 aliphatic heterocycles. The van der Waals surface area contributed by atoms with E-state index < -0.39 is 23.8 Å². The minimum atomic E-state index is -0.853. The number of hydrogen-bond acceptors (Lipinski definition) is 4. The molecule has 1 aliphatic carbocycles. The SMILES string of the molecule is CCC(C)N(C(=O)C(C)NC(=O)OC(C)(C)C)C(C(=O)NC1CCCCC1)c1cccc(C)c1C. The van der Waals surface area contributed by atoms with Gasteiger partial charge in [-0.3, -0.25) is 9.59 Å². The highest BCUT2D eigenvalue weighted by atomic mass is 16.6. The molecule has 0 radical (unpaired) electrons. The van der Waals surface area contributed by atoms with Gasteiger partial charge in [0.15, 0.2) is 0 Å². The topological polar surface area (TPSA) is 87.7 Å². The van der Waals surface area contributed by atoms with Crippen LogP contribution in [0.25, 0.3) is 0 Å². The lowest BCUT2D eigenvalue weighted by Gasteiger charge is -2.39. The lowest BCUT2D eigenvalue weighted by Crippen LogP contribution is -2.55. The summed E-state index contributed by atoms with van der Waals surface area (Å²) in [6, 6.07) is 4.14. The lowest BCUT2D eigenvalue weighted by atomic mass is 9.92. The molecule has 3 amide bonds. The first-order valence-corrected chi connectivity index (χ1v) is 13.0. The maximum atomic E-state index is 13.9. The first-order chi connectivity index (χ1) is 16.4. The van der Waals surface area contributed by atoms with Gasteiger partial charge >= 0.3 is 6.09 Å². The molecule has 1 fully saturated rings. The highest BCUT2D eigenvalue weighted by Crippen LogP contribution is 2.30. The molecule has 35 heavy (non-hydrogen) atoms. The predicted octanol–water partition coefficient (Wildman–Crippen LogP) is 5.33. The number of nitrogens with zero attached hydrogens (tertiary/aromatic N) is 1. The van der Waals surface area contributed by atoms with Crippen molar-refractivity contribution in [3.8, 4) is 0 Å². The fraction of sp³-hybridized carbons (Fsp3) is 0.679. The number of aryl methyl sites for hydroxylation is 1. The molecule has 0 spiro atoms. The Morgan fingerprint density at radius 2 is 1.71 bits per heavy atom. The number of carbonyl (C=O) groups excluding carboxylic acids is 3. The highest BCUT2D eigenvalue weighted by Gasteiger charge is 2.38. The molecule has 3 atom stereocenters. The molecule has 196 valence electrons. The van der Waals surface area contributed by atoms with Gasteiger partial charge in [-0.05, 0) is 84.4 Å². The van der Waals surface area contributed by atoms with Crippen molar-refractivity contribution < 1.29 is 19.1 Å². The number of amides is 3. The Balaban J connectivity index is 2.44. The summed E-state index contributed by atoms with van der Waals surface area (Å²) >= 11 is 0. The van der Waals surface area contributed by atoms with E-state index in [9.17, 15) is 14.4 Å². The third-order valence-electron chi connectivity index (χ3n) is 6.84. The maximum absolute atomic E-state index is 13.9. The van der Waals surface area contributed by atoms with Gasteiger partial charge in [0, 0.05) is 12.1 Å². The third kappa shape index (κ3) is 7.97. The van der Waals surface area contributed by atoms with Gasteiger partial charge in [0.2, 0.25) is 11.8 Å². The number of rotatable bonds is 8. The van der Waals surface area contributed by atoms with Crippen molar-refractivity contribution in [3.05, 3.63) is 34.9 Å². The highest BCUT2D eigenvalue weighted by molar-refractivity contribution is 5.92. The van der Waals surface area contributed by atoms with Crippen LogP contribution in [0.15, 0.2) is 18.2 Å². The van der Waals surface area contributed by atoms with Crippen LogP contribution in [-0.2, 0) is 14.3 Å². The normalized spacial score (nSPS) is 17.1. The first kappa shape index (κ1) is 28.7. The summed E-state index contributed by atoms with van der Waals surface area (Å²) in [7, 11) is 0. The standard InChI is InChI=1S/C28H45N3O4/c1-9-19(3)31(26(33)21(5)29-27(34)35-28(6,7)8)24(23-17-13-14-18(2)20(23)4)25(32)30-22-15-11-10-12-16-22/h13-14,17,19,21-22,24H,9-12,15-16H2,1-8H3,(H,29,34)(H,30,32). The number of alkyl carbamates (subject to hydrolysis) is 1. The van der Waals surface area contributed by atoms with Crippen LogP contribution in [0.5, 0.6) is 0 Å². The molecule has 1 aromatic rings. The Bertz CT molecular complexity index is 887. The second-order valence-electron chi connectivity index (χ2n) is 10.9. The van der Waals surface area contributed by atoms with Gasteiger partial charge in [0.25, 0.3) is 0 Å². The van der Waals surface area contributed by atoms with Crippen molar-refractivity contribution >= 4 is 17.9 Å². The lowest BCUT2D eigenvalue weighted by molar-refractivity contribution is -0.145. The molecule has 0 bridgehead atoms. The largest absolute Gasteiger partial charge is 0.444 e. The van der Waals surface area contributed by atoms with Crippen molar-refractivity contribution in [2.75, 3.05) is 0 Å². The smallest absolute Gasteiger partial charge is 0.408 e. The van der Waals surface area contributed by atoms with Gasteiger partial charge < -0.3 is 20.3 Å². The summed E-state index contributed by atoms with van der Waals surface area (Å²) in [5, 5.41) is 5.91. The van der Waals surface area contributed by atoms with Crippen LogP contribution in [0.2, 0.25) is 0 Å². The zero-order valence-corrected chi connectivity index (χ0v) is 22.9. The number of ether oxygens (including phenoxy) is 1. The molecular formula is C28H45N3O4. The number of nitrogens with one attached hydrogen (secondary N) is 2. The molecule has 0 heterocycles. The molecule has 1 aromatic carbocycles. The fourth-order valence-corrected chi connectivity index (χ4v) is 4.58. The zero-order valence-electron chi connectivity index (χ0n) is 22.9. The van der Waals surface area contributed by atoms with E-state index in [1.54, 1.807) is 32.6 Å². The van der Waals surface area contributed by atoms with Crippen molar-refractivity contribution in [2.24, 2.45) is 0 Å². The van der Waals surface area contributed by atoms with Gasteiger partial charge in [-0.15, -0.1) is 0 Å². The Morgan fingerprint density at radius 3 is 2.29 bits per heavy atom. The van der Waals surface area contributed by atoms with Crippen molar-refractivity contribution in [2.45, 2.75) is 124 Å². The van der Waals surface area contributed by atoms with E-state index in [0.717, 1.165) is 42.4 Å². The van der Waals surface area contributed by atoms with E-state index >= 15 is 0 Å². The van der Waals surface area contributed by atoms with Crippen LogP contribution in [-0.4, -0.2) is 46.5 Å². The maximum Gasteiger partial charge on any atom is 0.408 e. The Morgan fingerprint density at radius 1 is 1.09 bits per heavy atom.